The van der Waals surface area contributed by atoms with Crippen LogP contribution in [0.25, 0.3) is 0 Å². The molecule has 1 amide bonds. The quantitative estimate of drug-likeness (QED) is 0.569. The number of rotatable bonds is 3. The third-order valence-electron chi connectivity index (χ3n) is 3.25. The van der Waals surface area contributed by atoms with E-state index in [4.69, 9.17) is 0 Å². The van der Waals surface area contributed by atoms with E-state index in [2.05, 4.69) is 15.9 Å². The molecule has 0 saturated carbocycles. The van der Waals surface area contributed by atoms with Crippen molar-refractivity contribution in [3.8, 4) is 0 Å². The highest BCUT2D eigenvalue weighted by Crippen LogP contribution is 2.38. The minimum Gasteiger partial charge on any atom is -0.327 e. The molecule has 2 atom stereocenters. The molecule has 1 aliphatic rings. The van der Waals surface area contributed by atoms with Crippen LogP contribution in [0.3, 0.4) is 0 Å². The van der Waals surface area contributed by atoms with Gasteiger partial charge in [-0.1, -0.05) is 22.9 Å². The Bertz CT molecular complexity index is 399. The monoisotopic (exact) mass is 365 g/mol. The first kappa shape index (κ1) is 17.3. The van der Waals surface area contributed by atoms with Crippen LogP contribution in [0, 0.1) is 5.92 Å². The fourth-order valence-corrected chi connectivity index (χ4v) is 2.45. The SMILES string of the molecule is CC1CCN(C(=O)C(F)(F)C(F)(F)F)C(C(=O)CBr)C1. The zero-order chi connectivity index (χ0) is 15.7. The molecule has 0 spiro atoms. The van der Waals surface area contributed by atoms with E-state index in [0.717, 1.165) is 0 Å². The number of halogens is 6. The number of carbonyl (C=O) groups excluding carboxylic acids is 2. The van der Waals surface area contributed by atoms with Crippen LogP contribution in [0.15, 0.2) is 0 Å². The number of ketones is 1. The standard InChI is InChI=1S/C11H13BrF5NO2/c1-6-2-3-18(7(4-6)8(19)5-12)9(20)10(13,14)11(15,16)17/h6-7H,2-5H2,1H3. The molecule has 20 heavy (non-hydrogen) atoms. The number of alkyl halides is 6. The summed E-state index contributed by atoms with van der Waals surface area (Å²) in [6, 6.07) is -1.24. The van der Waals surface area contributed by atoms with Gasteiger partial charge in [-0.05, 0) is 18.8 Å². The van der Waals surface area contributed by atoms with Crippen molar-refractivity contribution in [3.05, 3.63) is 0 Å². The van der Waals surface area contributed by atoms with Gasteiger partial charge >= 0.3 is 18.0 Å². The lowest BCUT2D eigenvalue weighted by atomic mass is 9.90. The van der Waals surface area contributed by atoms with Crippen LogP contribution < -0.4 is 0 Å². The Balaban J connectivity index is 3.03. The number of Topliss-reactive ketones (excluding diaryl/α,β-unsaturated/α-hetero) is 1. The zero-order valence-electron chi connectivity index (χ0n) is 10.5. The highest BCUT2D eigenvalue weighted by molar-refractivity contribution is 9.09. The molecule has 1 rings (SSSR count). The normalized spacial score (nSPS) is 24.6. The summed E-state index contributed by atoms with van der Waals surface area (Å²) in [5.41, 5.74) is 0. The van der Waals surface area contributed by atoms with E-state index in [0.29, 0.717) is 4.90 Å². The molecule has 0 radical (unpaired) electrons. The number of hydrogen-bond acceptors (Lipinski definition) is 2. The molecule has 9 heteroatoms. The van der Waals surface area contributed by atoms with Crippen molar-refractivity contribution in [2.24, 2.45) is 5.92 Å². The maximum atomic E-state index is 13.1. The van der Waals surface area contributed by atoms with Crippen molar-refractivity contribution >= 4 is 27.6 Å². The molecule has 0 bridgehead atoms. The first-order valence-electron chi connectivity index (χ1n) is 5.86. The van der Waals surface area contributed by atoms with E-state index in [1.54, 1.807) is 6.92 Å². The fraction of sp³-hybridized carbons (Fsp3) is 0.818. The molecule has 116 valence electrons. The minimum absolute atomic E-state index is 0.0217. The molecule has 1 saturated heterocycles. The summed E-state index contributed by atoms with van der Waals surface area (Å²) in [4.78, 5) is 23.5. The van der Waals surface area contributed by atoms with Gasteiger partial charge in [-0.25, -0.2) is 0 Å². The van der Waals surface area contributed by atoms with Crippen molar-refractivity contribution in [1.29, 1.82) is 0 Å². The van der Waals surface area contributed by atoms with Crippen LogP contribution in [-0.4, -0.2) is 46.6 Å². The number of piperidine rings is 1. The van der Waals surface area contributed by atoms with E-state index < -0.39 is 29.8 Å². The predicted octanol–water partition coefficient (Wildman–Crippen LogP) is 2.78. The summed E-state index contributed by atoms with van der Waals surface area (Å²) >= 11 is 2.84. The molecule has 3 nitrogen and oxygen atoms in total. The third-order valence-corrected chi connectivity index (χ3v) is 3.81. The van der Waals surface area contributed by atoms with Gasteiger partial charge in [-0.15, -0.1) is 0 Å². The summed E-state index contributed by atoms with van der Waals surface area (Å²) < 4.78 is 62.9. The van der Waals surface area contributed by atoms with E-state index in [9.17, 15) is 31.5 Å². The predicted molar refractivity (Wildman–Crippen MR) is 63.7 cm³/mol. The van der Waals surface area contributed by atoms with Crippen LogP contribution >= 0.6 is 15.9 Å². The first-order chi connectivity index (χ1) is 9.02. The molecule has 1 heterocycles. The van der Waals surface area contributed by atoms with Crippen LogP contribution in [0.4, 0.5) is 22.0 Å². The molecule has 0 aliphatic carbocycles. The van der Waals surface area contributed by atoms with Gasteiger partial charge in [-0.3, -0.25) is 9.59 Å². The van der Waals surface area contributed by atoms with Gasteiger partial charge in [0.15, 0.2) is 5.78 Å². The highest BCUT2D eigenvalue weighted by Gasteiger charge is 2.65. The number of hydrogen-bond donors (Lipinski definition) is 0. The maximum Gasteiger partial charge on any atom is 0.463 e. The van der Waals surface area contributed by atoms with E-state index in [1.165, 1.54) is 0 Å². The Morgan fingerprint density at radius 3 is 2.25 bits per heavy atom. The molecule has 0 aromatic heterocycles. The summed E-state index contributed by atoms with van der Waals surface area (Å²) in [5, 5.41) is -0.203. The maximum absolute atomic E-state index is 13.1. The Labute approximate surface area is 120 Å². The van der Waals surface area contributed by atoms with Gasteiger partial charge in [0.05, 0.1) is 11.4 Å². The van der Waals surface area contributed by atoms with Crippen molar-refractivity contribution in [2.75, 3.05) is 11.9 Å². The Morgan fingerprint density at radius 1 is 1.25 bits per heavy atom. The molecular weight excluding hydrogens is 353 g/mol. The molecule has 0 aromatic rings. The number of amides is 1. The lowest BCUT2D eigenvalue weighted by molar-refractivity contribution is -0.275. The van der Waals surface area contributed by atoms with Gasteiger partial charge in [0.1, 0.15) is 0 Å². The van der Waals surface area contributed by atoms with E-state index in [1.807, 2.05) is 0 Å². The third kappa shape index (κ3) is 3.29. The van der Waals surface area contributed by atoms with Crippen LogP contribution in [0.5, 0.6) is 0 Å². The van der Waals surface area contributed by atoms with Crippen molar-refractivity contribution in [3.63, 3.8) is 0 Å². The average Bonchev–Trinajstić information content (AvgIpc) is 2.35. The minimum atomic E-state index is -5.96. The highest BCUT2D eigenvalue weighted by atomic mass is 79.9. The van der Waals surface area contributed by atoms with Crippen molar-refractivity contribution < 1.29 is 31.5 Å². The van der Waals surface area contributed by atoms with Gasteiger partial charge < -0.3 is 4.90 Å². The average molecular weight is 366 g/mol. The molecule has 0 aromatic carbocycles. The van der Waals surface area contributed by atoms with E-state index >= 15 is 0 Å². The summed E-state index contributed by atoms with van der Waals surface area (Å²) in [6.07, 6.45) is -5.59. The second kappa shape index (κ2) is 5.95. The van der Waals surface area contributed by atoms with Gasteiger partial charge in [0.2, 0.25) is 0 Å². The summed E-state index contributed by atoms with van der Waals surface area (Å²) in [6.45, 7) is 1.47. The number of nitrogens with zero attached hydrogens (tertiary/aromatic N) is 1. The van der Waals surface area contributed by atoms with Gasteiger partial charge in [-0.2, -0.15) is 22.0 Å². The van der Waals surface area contributed by atoms with Crippen LogP contribution in [0.2, 0.25) is 0 Å². The van der Waals surface area contributed by atoms with Crippen molar-refractivity contribution in [1.82, 2.24) is 4.90 Å². The molecule has 1 fully saturated rings. The van der Waals surface area contributed by atoms with Crippen molar-refractivity contribution in [2.45, 2.75) is 37.9 Å². The Kier molecular flexibility index (Phi) is 5.15. The van der Waals surface area contributed by atoms with Gasteiger partial charge in [0.25, 0.3) is 0 Å². The molecule has 0 N–H and O–H groups in total. The van der Waals surface area contributed by atoms with Gasteiger partial charge in [0, 0.05) is 6.54 Å². The molecular formula is C11H13BrF5NO2. The first-order valence-corrected chi connectivity index (χ1v) is 6.98. The van der Waals surface area contributed by atoms with E-state index in [-0.39, 0.29) is 30.6 Å². The second-order valence-corrected chi connectivity index (χ2v) is 5.38. The smallest absolute Gasteiger partial charge is 0.327 e. The number of carbonyl (C=O) groups is 2. The largest absolute Gasteiger partial charge is 0.463 e. The van der Waals surface area contributed by atoms with Crippen LogP contribution in [-0.2, 0) is 9.59 Å². The van der Waals surface area contributed by atoms with Crippen LogP contribution in [0.1, 0.15) is 19.8 Å². The summed E-state index contributed by atoms with van der Waals surface area (Å²) in [7, 11) is 0. The fourth-order valence-electron chi connectivity index (χ4n) is 2.08. The topological polar surface area (TPSA) is 37.4 Å². The lowest BCUT2D eigenvalue weighted by Gasteiger charge is -2.39. The number of likely N-dealkylation sites (tertiary alicyclic amines) is 1. The zero-order valence-corrected chi connectivity index (χ0v) is 12.1. The summed E-state index contributed by atoms with van der Waals surface area (Å²) in [5.74, 6) is -8.43. The Hall–Kier alpha value is -0.730. The Morgan fingerprint density at radius 2 is 1.80 bits per heavy atom. The molecule has 1 aliphatic heterocycles. The second-order valence-electron chi connectivity index (χ2n) is 4.82. The molecule has 2 unspecified atom stereocenters. The lowest BCUT2D eigenvalue weighted by Crippen LogP contribution is -2.59.